The average Bonchev–Trinajstić information content (AvgIpc) is 2.00. The molecule has 1 unspecified atom stereocenters. The molecule has 1 heterocycles. The number of quaternary nitrogens is 1. The fraction of sp³-hybridized carbons (Fsp3) is 0.600. The number of sulfone groups is 1. The summed E-state index contributed by atoms with van der Waals surface area (Å²) in [7, 11) is 3.18. The molecule has 0 N–H and O–H groups in total. The van der Waals surface area contributed by atoms with E-state index in [1.54, 1.807) is 0 Å². The van der Waals surface area contributed by atoms with Crippen LogP contribution in [-0.4, -0.2) is 45.8 Å². The van der Waals surface area contributed by atoms with Gasteiger partial charge in [0.15, 0.2) is 9.84 Å². The Balaban J connectivity index is 2.45. The lowest BCUT2D eigenvalue weighted by Crippen LogP contribution is -2.50. The van der Waals surface area contributed by atoms with Crippen LogP contribution in [0.15, 0.2) is 22.6 Å². The minimum Gasteiger partial charge on any atom is -0.321 e. The zero-order chi connectivity index (χ0) is 10.6. The van der Waals surface area contributed by atoms with Crippen molar-refractivity contribution in [3.05, 3.63) is 22.6 Å². The van der Waals surface area contributed by atoms with Gasteiger partial charge in [0.2, 0.25) is 0 Å². The highest BCUT2D eigenvalue weighted by Crippen LogP contribution is 2.38. The van der Waals surface area contributed by atoms with Crippen LogP contribution in [0.2, 0.25) is 0 Å². The molecule has 0 bridgehead atoms. The van der Waals surface area contributed by atoms with Gasteiger partial charge in [-0.2, -0.15) is 0 Å². The van der Waals surface area contributed by atoms with E-state index in [9.17, 15) is 8.42 Å². The van der Waals surface area contributed by atoms with Gasteiger partial charge in [-0.25, -0.2) is 8.42 Å². The van der Waals surface area contributed by atoms with E-state index in [0.29, 0.717) is 9.39 Å². The van der Waals surface area contributed by atoms with Crippen molar-refractivity contribution in [1.82, 2.24) is 0 Å². The maximum absolute atomic E-state index is 11.6. The molecule has 0 radical (unpaired) electrons. The summed E-state index contributed by atoms with van der Waals surface area (Å²) in [5.74, 6) is 0.281. The number of likely N-dealkylation sites (N-methyl/N-ethyl adjacent to an activating group) is 1. The summed E-state index contributed by atoms with van der Waals surface area (Å²) in [5, 5.41) is 0. The van der Waals surface area contributed by atoms with E-state index in [1.807, 2.05) is 27.2 Å². The number of allylic oxidation sites excluding steroid dienone is 1. The van der Waals surface area contributed by atoms with Gasteiger partial charge in [0.1, 0.15) is 10.9 Å². The van der Waals surface area contributed by atoms with Gasteiger partial charge in [0, 0.05) is 0 Å². The first-order chi connectivity index (χ1) is 6.32. The Morgan fingerprint density at radius 1 is 1.36 bits per heavy atom. The van der Waals surface area contributed by atoms with Gasteiger partial charge in [0.05, 0.1) is 26.9 Å². The molecule has 0 fully saturated rings. The second-order valence-corrected chi connectivity index (χ2v) is 6.88. The van der Waals surface area contributed by atoms with Crippen molar-refractivity contribution < 1.29 is 12.9 Å². The second-order valence-electron chi connectivity index (χ2n) is 4.92. The lowest BCUT2D eigenvalue weighted by Gasteiger charge is -2.39. The first-order valence-electron chi connectivity index (χ1n) is 4.75. The molecule has 2 rings (SSSR count). The molecule has 0 aromatic heterocycles. The molecule has 0 aromatic carbocycles. The molecule has 1 atom stereocenters. The zero-order valence-corrected chi connectivity index (χ0v) is 9.63. The van der Waals surface area contributed by atoms with Crippen LogP contribution in [0.4, 0.5) is 0 Å². The van der Waals surface area contributed by atoms with Gasteiger partial charge < -0.3 is 4.48 Å². The van der Waals surface area contributed by atoms with E-state index in [4.69, 9.17) is 0 Å². The molecule has 0 saturated carbocycles. The topological polar surface area (TPSA) is 34.1 Å². The minimum absolute atomic E-state index is 0.0255. The summed E-state index contributed by atoms with van der Waals surface area (Å²) in [6.45, 7) is 0. The Kier molecular flexibility index (Phi) is 1.92. The van der Waals surface area contributed by atoms with Crippen molar-refractivity contribution in [1.29, 1.82) is 0 Å². The van der Waals surface area contributed by atoms with Crippen LogP contribution in [0.3, 0.4) is 0 Å². The van der Waals surface area contributed by atoms with Gasteiger partial charge in [0.25, 0.3) is 0 Å². The minimum atomic E-state index is -2.90. The molecule has 14 heavy (non-hydrogen) atoms. The molecule has 0 aromatic rings. The van der Waals surface area contributed by atoms with Crippen LogP contribution in [0.1, 0.15) is 6.42 Å². The van der Waals surface area contributed by atoms with Crippen molar-refractivity contribution in [3.63, 3.8) is 0 Å². The maximum Gasteiger partial charge on any atom is 0.184 e. The Morgan fingerprint density at radius 3 is 2.43 bits per heavy atom. The molecule has 4 heteroatoms. The standard InChI is InChI=1S/C10H16NO2S/c1-11(2,3)9-6-4-5-8-7-14(12,13)10(8)9/h4,6,9H,5,7H2,1-3H3/q+1. The first kappa shape index (κ1) is 9.93. The second kappa shape index (κ2) is 2.70. The predicted molar refractivity (Wildman–Crippen MR) is 56.4 cm³/mol. The van der Waals surface area contributed by atoms with Crippen molar-refractivity contribution in [2.75, 3.05) is 26.9 Å². The first-order valence-corrected chi connectivity index (χ1v) is 6.40. The molecule has 0 saturated heterocycles. The summed E-state index contributed by atoms with van der Waals surface area (Å²) in [4.78, 5) is 0.688. The van der Waals surface area contributed by atoms with Crippen molar-refractivity contribution in [2.24, 2.45) is 0 Å². The monoisotopic (exact) mass is 214 g/mol. The van der Waals surface area contributed by atoms with E-state index in [-0.39, 0.29) is 11.8 Å². The van der Waals surface area contributed by atoms with E-state index in [2.05, 4.69) is 6.08 Å². The maximum atomic E-state index is 11.6. The van der Waals surface area contributed by atoms with Gasteiger partial charge in [-0.1, -0.05) is 6.08 Å². The molecule has 1 aliphatic carbocycles. The summed E-state index contributed by atoms with van der Waals surface area (Å²) >= 11 is 0. The highest BCUT2D eigenvalue weighted by molar-refractivity contribution is 7.96. The highest BCUT2D eigenvalue weighted by Gasteiger charge is 2.44. The van der Waals surface area contributed by atoms with Crippen molar-refractivity contribution in [3.8, 4) is 0 Å². The molecule has 1 aliphatic heterocycles. The van der Waals surface area contributed by atoms with Crippen LogP contribution < -0.4 is 0 Å². The normalized spacial score (nSPS) is 29.8. The number of hydrogen-bond donors (Lipinski definition) is 0. The zero-order valence-electron chi connectivity index (χ0n) is 8.82. The third kappa shape index (κ3) is 1.33. The lowest BCUT2D eigenvalue weighted by atomic mass is 10.0. The summed E-state index contributed by atoms with van der Waals surface area (Å²) in [5.41, 5.74) is 1.12. The van der Waals surface area contributed by atoms with Crippen molar-refractivity contribution in [2.45, 2.75) is 12.5 Å². The average molecular weight is 214 g/mol. The smallest absolute Gasteiger partial charge is 0.184 e. The molecular weight excluding hydrogens is 198 g/mol. The molecular formula is C10H16NO2S+. The van der Waals surface area contributed by atoms with E-state index in [1.165, 1.54) is 0 Å². The molecule has 78 valence electrons. The van der Waals surface area contributed by atoms with Crippen molar-refractivity contribution >= 4 is 9.84 Å². The Morgan fingerprint density at radius 2 is 2.00 bits per heavy atom. The fourth-order valence-electron chi connectivity index (χ4n) is 2.11. The highest BCUT2D eigenvalue weighted by atomic mass is 32.2. The third-order valence-corrected chi connectivity index (χ3v) is 4.76. The Hall–Kier alpha value is -0.610. The number of rotatable bonds is 1. The van der Waals surface area contributed by atoms with Gasteiger partial charge in [-0.05, 0) is 18.1 Å². The SMILES string of the molecule is C[N+](C)(C)C1C=CCC2=C1S(=O)(=O)C2. The molecule has 2 aliphatic rings. The molecule has 0 spiro atoms. The Labute approximate surface area is 85.2 Å². The van der Waals surface area contributed by atoms with Crippen LogP contribution >= 0.6 is 0 Å². The number of hydrogen-bond acceptors (Lipinski definition) is 2. The Bertz CT molecular complexity index is 424. The summed E-state index contributed by atoms with van der Waals surface area (Å²) in [6.07, 6.45) is 4.93. The van der Waals surface area contributed by atoms with Crippen LogP contribution in [0.5, 0.6) is 0 Å². The quantitative estimate of drug-likeness (QED) is 0.476. The van der Waals surface area contributed by atoms with Crippen LogP contribution in [0, 0.1) is 0 Å². The fourth-order valence-corrected chi connectivity index (χ4v) is 4.11. The van der Waals surface area contributed by atoms with E-state index in [0.717, 1.165) is 12.0 Å². The van der Waals surface area contributed by atoms with Gasteiger partial charge in [-0.15, -0.1) is 0 Å². The van der Waals surface area contributed by atoms with Gasteiger partial charge in [-0.3, -0.25) is 0 Å². The third-order valence-electron chi connectivity index (χ3n) is 2.83. The largest absolute Gasteiger partial charge is 0.321 e. The summed E-state index contributed by atoms with van der Waals surface area (Å²) in [6, 6.07) is 0.0255. The molecule has 0 amide bonds. The van der Waals surface area contributed by atoms with E-state index >= 15 is 0 Å². The van der Waals surface area contributed by atoms with Crippen LogP contribution in [-0.2, 0) is 9.84 Å². The van der Waals surface area contributed by atoms with Crippen LogP contribution in [0.25, 0.3) is 0 Å². The lowest BCUT2D eigenvalue weighted by molar-refractivity contribution is -0.883. The predicted octanol–water partition coefficient (Wildman–Crippen LogP) is 0.704. The van der Waals surface area contributed by atoms with E-state index < -0.39 is 9.84 Å². The van der Waals surface area contributed by atoms with Gasteiger partial charge >= 0.3 is 0 Å². The molecule has 3 nitrogen and oxygen atoms in total. The summed E-state index contributed by atoms with van der Waals surface area (Å²) < 4.78 is 23.9. The number of nitrogens with zero attached hydrogens (tertiary/aromatic N) is 1.